The summed E-state index contributed by atoms with van der Waals surface area (Å²) in [6.45, 7) is 13.6. The minimum Gasteiger partial charge on any atom is -0.396 e. The maximum atomic E-state index is 9.29. The molecule has 0 saturated carbocycles. The number of rotatable bonds is 10. The Labute approximate surface area is 135 Å². The summed E-state index contributed by atoms with van der Waals surface area (Å²) in [5, 5.41) is 16.0. The van der Waals surface area contributed by atoms with Gasteiger partial charge in [-0.3, -0.25) is 4.99 Å². The third-order valence-electron chi connectivity index (χ3n) is 4.29. The molecule has 4 nitrogen and oxygen atoms in total. The van der Waals surface area contributed by atoms with Gasteiger partial charge in [0.2, 0.25) is 0 Å². The molecule has 0 radical (unpaired) electrons. The highest BCUT2D eigenvalue weighted by molar-refractivity contribution is 7.99. The van der Waals surface area contributed by atoms with E-state index in [1.54, 1.807) is 0 Å². The van der Waals surface area contributed by atoms with Crippen molar-refractivity contribution in [1.29, 1.82) is 0 Å². The Balaban J connectivity index is 4.77. The normalized spacial score (nSPS) is 13.4. The number of hydrogen-bond donors (Lipinski definition) is 3. The highest BCUT2D eigenvalue weighted by Crippen LogP contribution is 2.30. The van der Waals surface area contributed by atoms with Crippen LogP contribution in [-0.4, -0.2) is 48.3 Å². The van der Waals surface area contributed by atoms with Gasteiger partial charge in [-0.05, 0) is 51.7 Å². The second-order valence-corrected chi connectivity index (χ2v) is 7.71. The molecule has 0 aromatic carbocycles. The Morgan fingerprint density at radius 1 is 1.14 bits per heavy atom. The summed E-state index contributed by atoms with van der Waals surface area (Å²) in [6, 6.07) is 0. The van der Waals surface area contributed by atoms with Gasteiger partial charge in [-0.15, -0.1) is 0 Å². The number of nitrogens with one attached hydrogen (secondary N) is 2. The molecule has 0 aliphatic carbocycles. The van der Waals surface area contributed by atoms with E-state index < -0.39 is 0 Å². The summed E-state index contributed by atoms with van der Waals surface area (Å²) in [5.74, 6) is 0.879. The van der Waals surface area contributed by atoms with Gasteiger partial charge in [-0.2, -0.15) is 11.8 Å². The van der Waals surface area contributed by atoms with Crippen LogP contribution in [0.1, 0.15) is 53.9 Å². The van der Waals surface area contributed by atoms with E-state index in [1.807, 2.05) is 11.8 Å². The van der Waals surface area contributed by atoms with E-state index in [0.29, 0.717) is 0 Å². The summed E-state index contributed by atoms with van der Waals surface area (Å²) >= 11 is 1.85. The third-order valence-corrected chi connectivity index (χ3v) is 5.54. The van der Waals surface area contributed by atoms with E-state index >= 15 is 0 Å². The van der Waals surface area contributed by atoms with Gasteiger partial charge in [0.25, 0.3) is 0 Å². The predicted octanol–water partition coefficient (Wildman–Crippen LogP) is 2.87. The van der Waals surface area contributed by atoms with Crippen LogP contribution in [-0.2, 0) is 0 Å². The molecular weight excluding hydrogens is 282 g/mol. The van der Waals surface area contributed by atoms with Crippen molar-refractivity contribution in [3.05, 3.63) is 0 Å². The number of aliphatic imine (C=N–C) groups is 1. The summed E-state index contributed by atoms with van der Waals surface area (Å²) < 4.78 is 0.188. The maximum absolute atomic E-state index is 9.29. The van der Waals surface area contributed by atoms with Crippen molar-refractivity contribution in [2.45, 2.75) is 58.6 Å². The second-order valence-electron chi connectivity index (χ2n) is 6.19. The molecule has 0 aliphatic heterocycles. The first-order chi connectivity index (χ1) is 9.88. The van der Waals surface area contributed by atoms with Gasteiger partial charge < -0.3 is 15.7 Å². The van der Waals surface area contributed by atoms with E-state index in [0.717, 1.165) is 44.9 Å². The molecule has 126 valence electrons. The number of guanidine groups is 1. The van der Waals surface area contributed by atoms with Crippen LogP contribution < -0.4 is 10.6 Å². The summed E-state index contributed by atoms with van der Waals surface area (Å²) in [5.41, 5.74) is 0.117. The SMILES string of the molecule is CCNC(=NCC(CC)(CC)CCO)NCC(C)(C)SC. The van der Waals surface area contributed by atoms with Gasteiger partial charge in [0, 0.05) is 31.0 Å². The molecule has 0 rings (SSSR count). The van der Waals surface area contributed by atoms with Crippen molar-refractivity contribution in [2.75, 3.05) is 32.5 Å². The Kier molecular flexibility index (Phi) is 10.1. The minimum absolute atomic E-state index is 0.117. The van der Waals surface area contributed by atoms with E-state index in [9.17, 15) is 5.11 Å². The number of hydrogen-bond acceptors (Lipinski definition) is 3. The largest absolute Gasteiger partial charge is 0.396 e. The van der Waals surface area contributed by atoms with Crippen LogP contribution >= 0.6 is 11.8 Å². The molecule has 5 heteroatoms. The van der Waals surface area contributed by atoms with Crippen LogP contribution in [0.2, 0.25) is 0 Å². The lowest BCUT2D eigenvalue weighted by molar-refractivity contribution is 0.175. The number of nitrogens with zero attached hydrogens (tertiary/aromatic N) is 1. The Bertz CT molecular complexity index is 302. The molecule has 0 spiro atoms. The lowest BCUT2D eigenvalue weighted by Crippen LogP contribution is -2.44. The zero-order valence-corrected chi connectivity index (χ0v) is 15.6. The van der Waals surface area contributed by atoms with Gasteiger partial charge in [0.1, 0.15) is 0 Å². The average molecular weight is 318 g/mol. The minimum atomic E-state index is 0.117. The summed E-state index contributed by atoms with van der Waals surface area (Å²) in [7, 11) is 0. The predicted molar refractivity (Wildman–Crippen MR) is 96.3 cm³/mol. The zero-order chi connectivity index (χ0) is 16.4. The van der Waals surface area contributed by atoms with Crippen molar-refractivity contribution >= 4 is 17.7 Å². The van der Waals surface area contributed by atoms with Gasteiger partial charge in [-0.1, -0.05) is 13.8 Å². The molecule has 0 bridgehead atoms. The van der Waals surface area contributed by atoms with E-state index in [1.165, 1.54) is 0 Å². The van der Waals surface area contributed by atoms with Crippen LogP contribution in [0, 0.1) is 5.41 Å². The fourth-order valence-electron chi connectivity index (χ4n) is 2.10. The number of thioether (sulfide) groups is 1. The Morgan fingerprint density at radius 2 is 1.76 bits per heavy atom. The van der Waals surface area contributed by atoms with Crippen molar-refractivity contribution in [3.8, 4) is 0 Å². The van der Waals surface area contributed by atoms with Crippen LogP contribution in [0.4, 0.5) is 0 Å². The highest BCUT2D eigenvalue weighted by Gasteiger charge is 2.25. The van der Waals surface area contributed by atoms with Crippen LogP contribution in [0.25, 0.3) is 0 Å². The van der Waals surface area contributed by atoms with Crippen LogP contribution in [0.5, 0.6) is 0 Å². The Morgan fingerprint density at radius 3 is 2.19 bits per heavy atom. The lowest BCUT2D eigenvalue weighted by atomic mass is 9.79. The van der Waals surface area contributed by atoms with Gasteiger partial charge >= 0.3 is 0 Å². The molecule has 0 aromatic rings. The molecule has 0 aliphatic rings. The van der Waals surface area contributed by atoms with Crippen molar-refractivity contribution in [1.82, 2.24) is 10.6 Å². The summed E-state index contributed by atoms with van der Waals surface area (Å²) in [4.78, 5) is 4.76. The van der Waals surface area contributed by atoms with Gasteiger partial charge in [0.15, 0.2) is 5.96 Å². The zero-order valence-electron chi connectivity index (χ0n) is 14.8. The van der Waals surface area contributed by atoms with E-state index in [4.69, 9.17) is 4.99 Å². The highest BCUT2D eigenvalue weighted by atomic mass is 32.2. The first-order valence-electron chi connectivity index (χ1n) is 8.06. The summed E-state index contributed by atoms with van der Waals surface area (Å²) in [6.07, 6.45) is 5.04. The lowest BCUT2D eigenvalue weighted by Gasteiger charge is -2.30. The molecule has 0 fully saturated rings. The molecule has 21 heavy (non-hydrogen) atoms. The molecule has 0 aromatic heterocycles. The van der Waals surface area contributed by atoms with E-state index in [-0.39, 0.29) is 16.8 Å². The smallest absolute Gasteiger partial charge is 0.191 e. The molecule has 0 amide bonds. The topological polar surface area (TPSA) is 56.7 Å². The van der Waals surface area contributed by atoms with Crippen molar-refractivity contribution in [3.63, 3.8) is 0 Å². The van der Waals surface area contributed by atoms with Gasteiger partial charge in [-0.25, -0.2) is 0 Å². The molecule has 0 heterocycles. The quantitative estimate of drug-likeness (QED) is 0.428. The second kappa shape index (κ2) is 10.3. The fraction of sp³-hybridized carbons (Fsp3) is 0.938. The van der Waals surface area contributed by atoms with Gasteiger partial charge in [0.05, 0.1) is 0 Å². The average Bonchev–Trinajstić information content (AvgIpc) is 2.49. The first kappa shape index (κ1) is 20.6. The standard InChI is InChI=1S/C16H35N3OS/c1-7-16(8-2,10-11-20)13-19-14(17-9-3)18-12-15(4,5)21-6/h20H,7-13H2,1-6H3,(H2,17,18,19). The third kappa shape index (κ3) is 7.96. The molecule has 0 atom stereocenters. The van der Waals surface area contributed by atoms with Crippen LogP contribution in [0.15, 0.2) is 4.99 Å². The molecule has 0 saturated heterocycles. The van der Waals surface area contributed by atoms with Crippen LogP contribution in [0.3, 0.4) is 0 Å². The van der Waals surface area contributed by atoms with Crippen molar-refractivity contribution in [2.24, 2.45) is 10.4 Å². The number of aliphatic hydroxyl groups excluding tert-OH is 1. The molecule has 0 unspecified atom stereocenters. The first-order valence-corrected chi connectivity index (χ1v) is 9.29. The fourth-order valence-corrected chi connectivity index (χ4v) is 2.32. The monoisotopic (exact) mass is 317 g/mol. The molecule has 3 N–H and O–H groups in total. The van der Waals surface area contributed by atoms with Crippen molar-refractivity contribution < 1.29 is 5.11 Å². The number of aliphatic hydroxyl groups is 1. The van der Waals surface area contributed by atoms with E-state index in [2.05, 4.69) is 51.5 Å². The molecular formula is C16H35N3OS. The maximum Gasteiger partial charge on any atom is 0.191 e. The Hall–Kier alpha value is -0.420.